The summed E-state index contributed by atoms with van der Waals surface area (Å²) in [6.07, 6.45) is 0. The molecule has 0 bridgehead atoms. The Morgan fingerprint density at radius 3 is 2.32 bits per heavy atom. The Morgan fingerprint density at radius 1 is 0.882 bits per heavy atom. The number of amides is 1. The molecule has 1 heterocycles. The topological polar surface area (TPSA) is 71.8 Å². The van der Waals surface area contributed by atoms with Gasteiger partial charge in [-0.25, -0.2) is 0 Å². The number of carbonyl (C=O) groups is 1. The minimum Gasteiger partial charge on any atom is -0.377 e. The average Bonchev–Trinajstić information content (AvgIpc) is 3.22. The van der Waals surface area contributed by atoms with E-state index in [1.807, 2.05) is 60.9 Å². The SMILES string of the molecule is Cc1ccc(NC(=O)CSc2nnc(CNc3c(C)cccc3C)n2-c2ccccc2)c(C)c1. The minimum absolute atomic E-state index is 0.0743. The molecule has 0 aliphatic carbocycles. The average molecular weight is 472 g/mol. The van der Waals surface area contributed by atoms with Crippen molar-refractivity contribution in [3.05, 3.63) is 94.8 Å². The van der Waals surface area contributed by atoms with Gasteiger partial charge in [-0.1, -0.05) is 65.9 Å². The first kappa shape index (κ1) is 23.6. The van der Waals surface area contributed by atoms with E-state index < -0.39 is 0 Å². The third-order valence-electron chi connectivity index (χ3n) is 5.61. The Bertz CT molecular complexity index is 1280. The molecule has 3 aromatic carbocycles. The number of hydrogen-bond acceptors (Lipinski definition) is 5. The van der Waals surface area contributed by atoms with Crippen molar-refractivity contribution < 1.29 is 4.79 Å². The van der Waals surface area contributed by atoms with Gasteiger partial charge in [0, 0.05) is 17.1 Å². The number of nitrogens with zero attached hydrogens (tertiary/aromatic N) is 3. The van der Waals surface area contributed by atoms with Crippen LogP contribution in [0.1, 0.15) is 28.1 Å². The summed E-state index contributed by atoms with van der Waals surface area (Å²) in [5.74, 6) is 0.948. The Balaban J connectivity index is 1.52. The molecule has 7 heteroatoms. The molecule has 4 rings (SSSR count). The first-order chi connectivity index (χ1) is 16.4. The van der Waals surface area contributed by atoms with Crippen LogP contribution in [0.15, 0.2) is 71.9 Å². The van der Waals surface area contributed by atoms with Gasteiger partial charge >= 0.3 is 0 Å². The van der Waals surface area contributed by atoms with Crippen molar-refractivity contribution in [3.8, 4) is 5.69 Å². The lowest BCUT2D eigenvalue weighted by Crippen LogP contribution is -2.15. The van der Waals surface area contributed by atoms with Crippen molar-refractivity contribution in [2.75, 3.05) is 16.4 Å². The minimum atomic E-state index is -0.0743. The predicted octanol–water partition coefficient (Wildman–Crippen LogP) is 5.84. The Kier molecular flexibility index (Phi) is 7.33. The quantitative estimate of drug-likeness (QED) is 0.316. The van der Waals surface area contributed by atoms with Gasteiger partial charge in [-0.05, 0) is 62.6 Å². The molecule has 0 radical (unpaired) electrons. The molecule has 174 valence electrons. The van der Waals surface area contributed by atoms with Crippen LogP contribution in [-0.2, 0) is 11.3 Å². The van der Waals surface area contributed by atoms with Crippen molar-refractivity contribution in [1.82, 2.24) is 14.8 Å². The molecule has 0 saturated heterocycles. The molecule has 0 aliphatic heterocycles. The predicted molar refractivity (Wildman–Crippen MR) is 140 cm³/mol. The number of hydrogen-bond donors (Lipinski definition) is 2. The van der Waals surface area contributed by atoms with Crippen molar-refractivity contribution in [1.29, 1.82) is 0 Å². The largest absolute Gasteiger partial charge is 0.377 e. The highest BCUT2D eigenvalue weighted by atomic mass is 32.2. The summed E-state index contributed by atoms with van der Waals surface area (Å²) < 4.78 is 2.01. The van der Waals surface area contributed by atoms with Crippen LogP contribution in [0.3, 0.4) is 0 Å². The summed E-state index contributed by atoms with van der Waals surface area (Å²) in [5.41, 5.74) is 7.48. The highest BCUT2D eigenvalue weighted by molar-refractivity contribution is 7.99. The molecule has 34 heavy (non-hydrogen) atoms. The van der Waals surface area contributed by atoms with Crippen molar-refractivity contribution in [2.24, 2.45) is 0 Å². The number of benzene rings is 3. The zero-order valence-corrected chi connectivity index (χ0v) is 20.7. The van der Waals surface area contributed by atoms with Gasteiger partial charge in [-0.2, -0.15) is 0 Å². The fraction of sp³-hybridized carbons (Fsp3) is 0.222. The second kappa shape index (κ2) is 10.6. The molecule has 0 fully saturated rings. The molecule has 6 nitrogen and oxygen atoms in total. The Labute approximate surface area is 204 Å². The Morgan fingerprint density at radius 2 is 1.62 bits per heavy atom. The fourth-order valence-corrected chi connectivity index (χ4v) is 4.65. The monoisotopic (exact) mass is 471 g/mol. The van der Waals surface area contributed by atoms with E-state index in [4.69, 9.17) is 0 Å². The van der Waals surface area contributed by atoms with E-state index in [1.165, 1.54) is 28.5 Å². The number of aromatic nitrogens is 3. The van der Waals surface area contributed by atoms with Crippen LogP contribution in [0.4, 0.5) is 11.4 Å². The zero-order chi connectivity index (χ0) is 24.1. The fourth-order valence-electron chi connectivity index (χ4n) is 3.88. The summed E-state index contributed by atoms with van der Waals surface area (Å²) in [4.78, 5) is 12.7. The number of aryl methyl sites for hydroxylation is 4. The van der Waals surface area contributed by atoms with E-state index in [0.717, 1.165) is 28.5 Å². The third kappa shape index (κ3) is 5.48. The summed E-state index contributed by atoms with van der Waals surface area (Å²) in [6.45, 7) is 8.73. The third-order valence-corrected chi connectivity index (χ3v) is 6.54. The van der Waals surface area contributed by atoms with E-state index in [-0.39, 0.29) is 11.7 Å². The van der Waals surface area contributed by atoms with Crippen molar-refractivity contribution in [3.63, 3.8) is 0 Å². The summed E-state index contributed by atoms with van der Waals surface area (Å²) in [6, 6.07) is 22.2. The summed E-state index contributed by atoms with van der Waals surface area (Å²) >= 11 is 1.38. The van der Waals surface area contributed by atoms with Crippen LogP contribution >= 0.6 is 11.8 Å². The van der Waals surface area contributed by atoms with E-state index in [1.54, 1.807) is 0 Å². The summed E-state index contributed by atoms with van der Waals surface area (Å²) in [7, 11) is 0. The van der Waals surface area contributed by atoms with Crippen LogP contribution in [0, 0.1) is 27.7 Å². The number of anilines is 2. The lowest BCUT2D eigenvalue weighted by Gasteiger charge is -2.14. The van der Waals surface area contributed by atoms with E-state index >= 15 is 0 Å². The molecule has 1 amide bonds. The van der Waals surface area contributed by atoms with Crippen LogP contribution in [0.2, 0.25) is 0 Å². The first-order valence-electron chi connectivity index (χ1n) is 11.2. The van der Waals surface area contributed by atoms with Crippen LogP contribution < -0.4 is 10.6 Å². The molecule has 1 aromatic heterocycles. The van der Waals surface area contributed by atoms with Gasteiger partial charge in [-0.3, -0.25) is 9.36 Å². The van der Waals surface area contributed by atoms with Gasteiger partial charge in [0.2, 0.25) is 5.91 Å². The molecule has 0 atom stereocenters. The highest BCUT2D eigenvalue weighted by Gasteiger charge is 2.17. The molecule has 2 N–H and O–H groups in total. The zero-order valence-electron chi connectivity index (χ0n) is 19.9. The number of para-hydroxylation sites is 2. The van der Waals surface area contributed by atoms with Crippen molar-refractivity contribution >= 4 is 29.0 Å². The second-order valence-corrected chi connectivity index (χ2v) is 9.29. The van der Waals surface area contributed by atoms with Gasteiger partial charge in [0.15, 0.2) is 11.0 Å². The number of rotatable bonds is 8. The Hall–Kier alpha value is -3.58. The van der Waals surface area contributed by atoms with Gasteiger partial charge in [0.25, 0.3) is 0 Å². The van der Waals surface area contributed by atoms with Crippen LogP contribution in [0.5, 0.6) is 0 Å². The molecule has 4 aromatic rings. The molecule has 0 aliphatic rings. The lowest BCUT2D eigenvalue weighted by atomic mass is 10.1. The van der Waals surface area contributed by atoms with Crippen LogP contribution in [-0.4, -0.2) is 26.4 Å². The van der Waals surface area contributed by atoms with E-state index in [9.17, 15) is 4.79 Å². The first-order valence-corrected chi connectivity index (χ1v) is 12.2. The standard InChI is InChI=1S/C27H29N5OS/c1-18-13-14-23(21(4)15-18)29-25(33)17-34-27-31-30-24(32(27)22-11-6-5-7-12-22)16-28-26-19(2)9-8-10-20(26)3/h5-15,28H,16-17H2,1-4H3,(H,29,33). The molecular formula is C27H29N5OS. The second-order valence-electron chi connectivity index (χ2n) is 8.35. The number of carbonyl (C=O) groups excluding carboxylic acids is 1. The number of nitrogens with one attached hydrogen (secondary N) is 2. The summed E-state index contributed by atoms with van der Waals surface area (Å²) in [5, 5.41) is 16.1. The van der Waals surface area contributed by atoms with Gasteiger partial charge < -0.3 is 10.6 Å². The molecular weight excluding hydrogens is 442 g/mol. The van der Waals surface area contributed by atoms with Crippen LogP contribution in [0.25, 0.3) is 5.69 Å². The van der Waals surface area contributed by atoms with Gasteiger partial charge in [0.1, 0.15) is 0 Å². The lowest BCUT2D eigenvalue weighted by molar-refractivity contribution is -0.113. The smallest absolute Gasteiger partial charge is 0.234 e. The highest BCUT2D eigenvalue weighted by Crippen LogP contribution is 2.25. The number of thioether (sulfide) groups is 1. The molecule has 0 unspecified atom stereocenters. The maximum Gasteiger partial charge on any atom is 0.234 e. The maximum absolute atomic E-state index is 12.7. The van der Waals surface area contributed by atoms with E-state index in [0.29, 0.717) is 11.7 Å². The van der Waals surface area contributed by atoms with Crippen molar-refractivity contribution in [2.45, 2.75) is 39.4 Å². The van der Waals surface area contributed by atoms with Gasteiger partial charge in [0.05, 0.1) is 12.3 Å². The normalized spacial score (nSPS) is 10.8. The van der Waals surface area contributed by atoms with E-state index in [2.05, 4.69) is 58.9 Å². The maximum atomic E-state index is 12.7. The van der Waals surface area contributed by atoms with Gasteiger partial charge in [-0.15, -0.1) is 10.2 Å². The molecule has 0 spiro atoms. The molecule has 0 saturated carbocycles.